The molecular weight excluding hydrogens is 708 g/mol. The summed E-state index contributed by atoms with van der Waals surface area (Å²) in [5, 5.41) is 0. The minimum atomic E-state index is -9.35. The van der Waals surface area contributed by atoms with Crippen molar-refractivity contribution >= 4 is 22.6 Å². The van der Waals surface area contributed by atoms with Gasteiger partial charge < -0.3 is 0 Å². The van der Waals surface area contributed by atoms with Crippen molar-refractivity contribution in [2.24, 2.45) is 0 Å². The molecule has 24 heteroatoms. The topological polar surface area (TPSA) is 0 Å². The van der Waals surface area contributed by atoms with Gasteiger partial charge in [-0.3, -0.25) is 0 Å². The van der Waals surface area contributed by atoms with Crippen molar-refractivity contribution in [3.63, 3.8) is 0 Å². The van der Waals surface area contributed by atoms with Crippen molar-refractivity contribution in [1.82, 2.24) is 0 Å². The van der Waals surface area contributed by atoms with Gasteiger partial charge in [-0.25, -0.2) is 0 Å². The molecule has 0 unspecified atom stereocenters. The van der Waals surface area contributed by atoms with Crippen molar-refractivity contribution < 1.29 is 101 Å². The maximum absolute atomic E-state index is 13.4. The SMILES string of the molecule is FC(F)(F)C(F)(F)C(F)(F)C(F)(F)C(F)(F)C(F)(F)C(F)(F)C(F)(F)C(F)(F)C(F)(F)C(F)(F)CI. The fraction of sp³-hybridized carbons (Fsp3) is 1.00. The molecule has 0 aliphatic heterocycles. The summed E-state index contributed by atoms with van der Waals surface area (Å²) in [6.45, 7) is 0. The quantitative estimate of drug-likeness (QED) is 0.122. The molecule has 0 saturated heterocycles. The smallest absolute Gasteiger partial charge is 0.199 e. The molecule has 0 spiro atoms. The minimum Gasteiger partial charge on any atom is -0.199 e. The van der Waals surface area contributed by atoms with Gasteiger partial charge in [-0.1, -0.05) is 22.6 Å². The number of hydrogen-bond acceptors (Lipinski definition) is 0. The molecule has 0 aromatic heterocycles. The Morgan fingerprint density at radius 1 is 0.278 bits per heavy atom. The normalized spacial score (nSPS) is 17.0. The Balaban J connectivity index is 7.18. The first-order valence-corrected chi connectivity index (χ1v) is 8.99. The van der Waals surface area contributed by atoms with E-state index in [1.165, 1.54) is 0 Å². The molecule has 0 fully saturated rings. The highest BCUT2D eigenvalue weighted by atomic mass is 127. The zero-order chi connectivity index (χ0) is 30.2. The lowest BCUT2D eigenvalue weighted by Gasteiger charge is -2.45. The summed E-state index contributed by atoms with van der Waals surface area (Å²) in [6, 6.07) is 0. The average Bonchev–Trinajstić information content (AvgIpc) is 2.65. The van der Waals surface area contributed by atoms with Crippen molar-refractivity contribution in [3.8, 4) is 0 Å². The summed E-state index contributed by atoms with van der Waals surface area (Å²) in [5.74, 6) is -86.8. The van der Waals surface area contributed by atoms with Crippen LogP contribution in [0.4, 0.5) is 101 Å². The summed E-state index contributed by atoms with van der Waals surface area (Å²) in [4.78, 5) is 0. The Kier molecular flexibility index (Phi) is 8.35. The van der Waals surface area contributed by atoms with Gasteiger partial charge in [0.2, 0.25) is 0 Å². The molecule has 0 aromatic carbocycles. The van der Waals surface area contributed by atoms with Crippen molar-refractivity contribution in [3.05, 3.63) is 0 Å². The Morgan fingerprint density at radius 2 is 0.444 bits per heavy atom. The molecule has 0 saturated carbocycles. The second-order valence-electron chi connectivity index (χ2n) is 6.51. The summed E-state index contributed by atoms with van der Waals surface area (Å²) < 4.78 is 296. The zero-order valence-electron chi connectivity index (χ0n) is 15.3. The van der Waals surface area contributed by atoms with Gasteiger partial charge in [0.15, 0.2) is 0 Å². The van der Waals surface area contributed by atoms with Crippen LogP contribution in [0.15, 0.2) is 0 Å². The molecule has 0 aromatic rings. The van der Waals surface area contributed by atoms with Gasteiger partial charge in [0.25, 0.3) is 0 Å². The van der Waals surface area contributed by atoms with Crippen molar-refractivity contribution in [1.29, 1.82) is 0 Å². The third kappa shape index (κ3) is 4.03. The predicted octanol–water partition coefficient (Wildman–Crippen LogP) is 8.34. The fourth-order valence-corrected chi connectivity index (χ4v) is 2.35. The zero-order valence-corrected chi connectivity index (χ0v) is 17.4. The highest BCUT2D eigenvalue weighted by Gasteiger charge is 2.98. The first-order chi connectivity index (χ1) is 15.1. The van der Waals surface area contributed by atoms with Gasteiger partial charge in [0, 0.05) is 0 Å². The molecular formula is C12H2F23I. The number of halogens is 24. The number of hydrogen-bond donors (Lipinski definition) is 0. The molecule has 218 valence electrons. The van der Waals surface area contributed by atoms with E-state index in [1.54, 1.807) is 0 Å². The van der Waals surface area contributed by atoms with Gasteiger partial charge in [-0.15, -0.1) is 0 Å². The Bertz CT molecular complexity index is 802. The lowest BCUT2D eigenvalue weighted by Crippen LogP contribution is -2.77. The van der Waals surface area contributed by atoms with E-state index in [9.17, 15) is 101 Å². The Morgan fingerprint density at radius 3 is 0.611 bits per heavy atom. The second kappa shape index (κ2) is 8.56. The maximum atomic E-state index is 13.4. The van der Waals surface area contributed by atoms with E-state index in [0.29, 0.717) is 0 Å². The maximum Gasteiger partial charge on any atom is 0.460 e. The average molecular weight is 710 g/mol. The van der Waals surface area contributed by atoms with Gasteiger partial charge >= 0.3 is 65.4 Å². The molecule has 0 nitrogen and oxygen atoms in total. The number of rotatable bonds is 10. The number of alkyl halides is 24. The summed E-state index contributed by atoms with van der Waals surface area (Å²) >= 11 is -0.00287. The van der Waals surface area contributed by atoms with Crippen LogP contribution in [0.5, 0.6) is 0 Å². The molecule has 0 heterocycles. The van der Waals surface area contributed by atoms with E-state index in [2.05, 4.69) is 0 Å². The van der Waals surface area contributed by atoms with Crippen LogP contribution in [-0.4, -0.2) is 69.8 Å². The Labute approximate surface area is 194 Å². The van der Waals surface area contributed by atoms with Gasteiger partial charge in [-0.05, 0) is 0 Å². The molecule has 36 heavy (non-hydrogen) atoms. The Hall–Kier alpha value is -0.880. The van der Waals surface area contributed by atoms with E-state index >= 15 is 0 Å². The van der Waals surface area contributed by atoms with Crippen molar-refractivity contribution in [2.75, 3.05) is 4.43 Å². The molecule has 0 radical (unpaired) electrons. The van der Waals surface area contributed by atoms with E-state index in [0.717, 1.165) is 0 Å². The highest BCUT2D eigenvalue weighted by molar-refractivity contribution is 14.1. The third-order valence-electron chi connectivity index (χ3n) is 4.14. The van der Waals surface area contributed by atoms with E-state index in [-0.39, 0.29) is 22.6 Å². The third-order valence-corrected chi connectivity index (χ3v) is 5.10. The standard InChI is InChI=1S/C12H2F23I/c13-2(14,1-36)3(15,16)4(17,18)5(19,20)6(21,22)7(23,24)8(25,26)9(27,28)10(29,30)11(31,32)12(33,34)35/h1H2. The van der Waals surface area contributed by atoms with Gasteiger partial charge in [0.1, 0.15) is 0 Å². The van der Waals surface area contributed by atoms with Crippen LogP contribution in [0.3, 0.4) is 0 Å². The highest BCUT2D eigenvalue weighted by Crippen LogP contribution is 2.67. The van der Waals surface area contributed by atoms with Crippen LogP contribution in [-0.2, 0) is 0 Å². The van der Waals surface area contributed by atoms with E-state index in [1.807, 2.05) is 0 Å². The largest absolute Gasteiger partial charge is 0.460 e. The van der Waals surface area contributed by atoms with Gasteiger partial charge in [-0.2, -0.15) is 101 Å². The summed E-state index contributed by atoms with van der Waals surface area (Å²) in [6.07, 6.45) is -8.07. The second-order valence-corrected chi connectivity index (χ2v) is 7.27. The minimum absolute atomic E-state index is 0.00287. The van der Waals surface area contributed by atoms with Crippen LogP contribution in [0.25, 0.3) is 0 Å². The van der Waals surface area contributed by atoms with Crippen LogP contribution in [0.1, 0.15) is 0 Å². The lowest BCUT2D eigenvalue weighted by atomic mass is 9.85. The molecule has 0 amide bonds. The predicted molar refractivity (Wildman–Crippen MR) is 74.4 cm³/mol. The van der Waals surface area contributed by atoms with Crippen LogP contribution >= 0.6 is 22.6 Å². The van der Waals surface area contributed by atoms with E-state index in [4.69, 9.17) is 0 Å². The molecule has 0 bridgehead atoms. The fourth-order valence-electron chi connectivity index (χ4n) is 1.87. The molecule has 0 aliphatic rings. The summed E-state index contributed by atoms with van der Waals surface area (Å²) in [5.41, 5.74) is 0. The van der Waals surface area contributed by atoms with Crippen LogP contribution < -0.4 is 0 Å². The molecule has 0 N–H and O–H groups in total. The van der Waals surface area contributed by atoms with E-state index < -0.39 is 69.8 Å². The van der Waals surface area contributed by atoms with Crippen LogP contribution in [0, 0.1) is 0 Å². The van der Waals surface area contributed by atoms with Crippen molar-refractivity contribution in [2.45, 2.75) is 65.4 Å². The van der Waals surface area contributed by atoms with Gasteiger partial charge in [0.05, 0.1) is 4.43 Å². The summed E-state index contributed by atoms with van der Waals surface area (Å²) in [7, 11) is 0. The monoisotopic (exact) mass is 710 g/mol. The first-order valence-electron chi connectivity index (χ1n) is 7.47. The molecule has 0 atom stereocenters. The lowest BCUT2D eigenvalue weighted by molar-refractivity contribution is -0.478. The molecule has 0 rings (SSSR count). The molecule has 0 aliphatic carbocycles. The first kappa shape index (κ1) is 35.1. The van der Waals surface area contributed by atoms with Crippen LogP contribution in [0.2, 0.25) is 0 Å².